The highest BCUT2D eigenvalue weighted by atomic mass is 16.5. The van der Waals surface area contributed by atoms with Crippen LogP contribution in [0.1, 0.15) is 0 Å². The maximum Gasteiger partial charge on any atom is 0.134 e. The molecule has 3 rings (SSSR count). The second-order valence-electron chi connectivity index (χ2n) is 4.93. The molecular formula is C19H18O3. The Hall–Kier alpha value is -2.68. The van der Waals surface area contributed by atoms with E-state index in [4.69, 9.17) is 14.2 Å². The molecule has 0 spiro atoms. The molecule has 112 valence electrons. The number of rotatable bonds is 4. The van der Waals surface area contributed by atoms with Gasteiger partial charge in [-0.25, -0.2) is 0 Å². The zero-order chi connectivity index (χ0) is 15.5. The van der Waals surface area contributed by atoms with E-state index in [-0.39, 0.29) is 0 Å². The highest BCUT2D eigenvalue weighted by Crippen LogP contribution is 2.44. The number of benzene rings is 3. The van der Waals surface area contributed by atoms with Gasteiger partial charge in [-0.1, -0.05) is 42.5 Å². The van der Waals surface area contributed by atoms with Crippen LogP contribution in [0.15, 0.2) is 54.6 Å². The van der Waals surface area contributed by atoms with Gasteiger partial charge in [0.2, 0.25) is 0 Å². The van der Waals surface area contributed by atoms with Crippen molar-refractivity contribution in [3.8, 4) is 28.4 Å². The molecule has 0 atom stereocenters. The molecule has 3 aromatic carbocycles. The second-order valence-corrected chi connectivity index (χ2v) is 4.93. The van der Waals surface area contributed by atoms with Gasteiger partial charge in [-0.15, -0.1) is 0 Å². The number of methoxy groups -OCH3 is 3. The number of fused-ring (bicyclic) bond motifs is 1. The van der Waals surface area contributed by atoms with Crippen molar-refractivity contribution in [3.05, 3.63) is 54.6 Å². The fraction of sp³-hybridized carbons (Fsp3) is 0.158. The third-order valence-corrected chi connectivity index (χ3v) is 3.77. The van der Waals surface area contributed by atoms with E-state index in [2.05, 4.69) is 24.3 Å². The van der Waals surface area contributed by atoms with Crippen LogP contribution in [-0.2, 0) is 0 Å². The molecule has 3 heteroatoms. The van der Waals surface area contributed by atoms with E-state index in [1.807, 2.05) is 30.3 Å². The Bertz CT molecular complexity index is 778. The van der Waals surface area contributed by atoms with Gasteiger partial charge in [0, 0.05) is 12.1 Å². The van der Waals surface area contributed by atoms with Crippen LogP contribution in [0.3, 0.4) is 0 Å². The van der Waals surface area contributed by atoms with Crippen molar-refractivity contribution < 1.29 is 14.2 Å². The summed E-state index contributed by atoms with van der Waals surface area (Å²) in [4.78, 5) is 0. The fourth-order valence-corrected chi connectivity index (χ4v) is 2.71. The van der Waals surface area contributed by atoms with Gasteiger partial charge in [0.15, 0.2) is 0 Å². The predicted octanol–water partition coefficient (Wildman–Crippen LogP) is 4.53. The molecule has 0 fully saturated rings. The second kappa shape index (κ2) is 5.98. The molecule has 3 nitrogen and oxygen atoms in total. The minimum atomic E-state index is 0.706. The summed E-state index contributed by atoms with van der Waals surface area (Å²) in [6.07, 6.45) is 0. The zero-order valence-electron chi connectivity index (χ0n) is 12.9. The van der Waals surface area contributed by atoms with Gasteiger partial charge in [-0.05, 0) is 16.3 Å². The van der Waals surface area contributed by atoms with Crippen molar-refractivity contribution in [2.75, 3.05) is 21.3 Å². The summed E-state index contributed by atoms with van der Waals surface area (Å²) in [7, 11) is 4.94. The summed E-state index contributed by atoms with van der Waals surface area (Å²) in [6.45, 7) is 0. The van der Waals surface area contributed by atoms with E-state index in [9.17, 15) is 0 Å². The number of ether oxygens (including phenoxy) is 3. The summed E-state index contributed by atoms with van der Waals surface area (Å²) in [5.74, 6) is 2.16. The molecular weight excluding hydrogens is 276 g/mol. The van der Waals surface area contributed by atoms with E-state index >= 15 is 0 Å². The molecule has 0 aliphatic rings. The standard InChI is InChI=1S/C19H18O3/c1-20-14-11-17(21-2)19(18(12-14)22-3)16-10-6-8-13-7-4-5-9-15(13)16/h4-12H,1-3H3. The zero-order valence-corrected chi connectivity index (χ0v) is 12.9. The highest BCUT2D eigenvalue weighted by Gasteiger charge is 2.17. The summed E-state index contributed by atoms with van der Waals surface area (Å²) in [6, 6.07) is 18.2. The minimum absolute atomic E-state index is 0.706. The number of hydrogen-bond donors (Lipinski definition) is 0. The Morgan fingerprint density at radius 1 is 0.682 bits per heavy atom. The van der Waals surface area contributed by atoms with E-state index in [1.54, 1.807) is 21.3 Å². The van der Waals surface area contributed by atoms with Gasteiger partial charge in [0.1, 0.15) is 17.2 Å². The Kier molecular flexibility index (Phi) is 3.88. The van der Waals surface area contributed by atoms with Gasteiger partial charge in [0.05, 0.1) is 26.9 Å². The molecule has 0 unspecified atom stereocenters. The van der Waals surface area contributed by atoms with E-state index in [0.29, 0.717) is 5.75 Å². The van der Waals surface area contributed by atoms with Crippen molar-refractivity contribution in [1.82, 2.24) is 0 Å². The summed E-state index contributed by atoms with van der Waals surface area (Å²) in [5.41, 5.74) is 2.01. The number of hydrogen-bond acceptors (Lipinski definition) is 3. The van der Waals surface area contributed by atoms with E-state index < -0.39 is 0 Å². The molecule has 0 aromatic heterocycles. The maximum absolute atomic E-state index is 5.57. The van der Waals surface area contributed by atoms with Crippen LogP contribution in [-0.4, -0.2) is 21.3 Å². The van der Waals surface area contributed by atoms with Gasteiger partial charge in [-0.2, -0.15) is 0 Å². The van der Waals surface area contributed by atoms with E-state index in [0.717, 1.165) is 28.0 Å². The van der Waals surface area contributed by atoms with Crippen molar-refractivity contribution in [2.45, 2.75) is 0 Å². The average molecular weight is 294 g/mol. The molecule has 0 saturated heterocycles. The SMILES string of the molecule is COc1cc(OC)c(-c2cccc3ccccc23)c(OC)c1. The lowest BCUT2D eigenvalue weighted by molar-refractivity contribution is 0.377. The first-order valence-electron chi connectivity index (χ1n) is 7.06. The molecule has 0 bridgehead atoms. The van der Waals surface area contributed by atoms with Gasteiger partial charge < -0.3 is 14.2 Å². The van der Waals surface area contributed by atoms with Crippen molar-refractivity contribution in [1.29, 1.82) is 0 Å². The van der Waals surface area contributed by atoms with E-state index in [1.165, 1.54) is 5.39 Å². The van der Waals surface area contributed by atoms with Crippen LogP contribution >= 0.6 is 0 Å². The summed E-state index contributed by atoms with van der Waals surface area (Å²) < 4.78 is 16.5. The van der Waals surface area contributed by atoms with Gasteiger partial charge in [-0.3, -0.25) is 0 Å². The van der Waals surface area contributed by atoms with Gasteiger partial charge in [0.25, 0.3) is 0 Å². The highest BCUT2D eigenvalue weighted by molar-refractivity contribution is 5.99. The smallest absolute Gasteiger partial charge is 0.134 e. The fourth-order valence-electron chi connectivity index (χ4n) is 2.71. The first-order valence-corrected chi connectivity index (χ1v) is 7.06. The Morgan fingerprint density at radius 3 is 1.95 bits per heavy atom. The van der Waals surface area contributed by atoms with Crippen LogP contribution in [0.4, 0.5) is 0 Å². The van der Waals surface area contributed by atoms with Crippen LogP contribution in [0.2, 0.25) is 0 Å². The lowest BCUT2D eigenvalue weighted by Crippen LogP contribution is -1.95. The molecule has 0 amide bonds. The monoisotopic (exact) mass is 294 g/mol. The average Bonchev–Trinajstić information content (AvgIpc) is 2.60. The Morgan fingerprint density at radius 2 is 1.32 bits per heavy atom. The van der Waals surface area contributed by atoms with Crippen molar-refractivity contribution >= 4 is 10.8 Å². The van der Waals surface area contributed by atoms with Crippen LogP contribution in [0.5, 0.6) is 17.2 Å². The van der Waals surface area contributed by atoms with Crippen molar-refractivity contribution in [3.63, 3.8) is 0 Å². The Labute approximate surface area is 130 Å². The molecule has 0 aliphatic carbocycles. The third kappa shape index (κ3) is 2.35. The van der Waals surface area contributed by atoms with Gasteiger partial charge >= 0.3 is 0 Å². The molecule has 3 aromatic rings. The maximum atomic E-state index is 5.57. The molecule has 22 heavy (non-hydrogen) atoms. The van der Waals surface area contributed by atoms with Crippen LogP contribution in [0.25, 0.3) is 21.9 Å². The quantitative estimate of drug-likeness (QED) is 0.707. The predicted molar refractivity (Wildman–Crippen MR) is 89.0 cm³/mol. The third-order valence-electron chi connectivity index (χ3n) is 3.77. The molecule has 0 radical (unpaired) electrons. The first-order chi connectivity index (χ1) is 10.8. The summed E-state index contributed by atoms with van der Waals surface area (Å²) >= 11 is 0. The lowest BCUT2D eigenvalue weighted by atomic mass is 9.96. The molecule has 0 heterocycles. The topological polar surface area (TPSA) is 27.7 Å². The lowest BCUT2D eigenvalue weighted by Gasteiger charge is -2.16. The molecule has 0 saturated carbocycles. The molecule has 0 N–H and O–H groups in total. The Balaban J connectivity index is 2.34. The molecule has 0 aliphatic heterocycles. The van der Waals surface area contributed by atoms with Crippen LogP contribution < -0.4 is 14.2 Å². The first kappa shape index (κ1) is 14.3. The van der Waals surface area contributed by atoms with Crippen LogP contribution in [0, 0.1) is 0 Å². The summed E-state index contributed by atoms with van der Waals surface area (Å²) in [5, 5.41) is 2.34. The normalized spacial score (nSPS) is 10.5. The minimum Gasteiger partial charge on any atom is -0.496 e. The van der Waals surface area contributed by atoms with Crippen molar-refractivity contribution in [2.24, 2.45) is 0 Å². The largest absolute Gasteiger partial charge is 0.496 e.